The zero-order valence-corrected chi connectivity index (χ0v) is 14.0. The number of benzene rings is 1. The molecule has 3 nitrogen and oxygen atoms in total. The molecule has 1 N–H and O–H groups in total. The van der Waals surface area contributed by atoms with Crippen LogP contribution in [0.4, 0.5) is 0 Å². The molecular weight excluding hydrogens is 363 g/mol. The number of rotatable bonds is 1. The first-order valence-corrected chi connectivity index (χ1v) is 8.50. The summed E-state index contributed by atoms with van der Waals surface area (Å²) in [5.41, 5.74) is 2.06. The molecule has 2 fully saturated rings. The highest BCUT2D eigenvalue weighted by molar-refractivity contribution is 14.1. The standard InChI is InChI=1S/C16H21IN2O/c1-11-3-2-4-14(15(11)17)16(20)19-7-5-12-9-18-10-13(12)6-8-19/h2-4,12-13,18H,5-10H2,1H3/t12-,13+. The summed E-state index contributed by atoms with van der Waals surface area (Å²) >= 11 is 2.30. The van der Waals surface area contributed by atoms with Crippen molar-refractivity contribution in [2.24, 2.45) is 11.8 Å². The molecule has 0 unspecified atom stereocenters. The predicted octanol–water partition coefficient (Wildman–Crippen LogP) is 2.67. The molecule has 2 saturated heterocycles. The number of likely N-dealkylation sites (tertiary alicyclic amines) is 1. The number of hydrogen-bond acceptors (Lipinski definition) is 2. The Balaban J connectivity index is 1.75. The summed E-state index contributed by atoms with van der Waals surface area (Å²) in [6.07, 6.45) is 2.29. The Labute approximate surface area is 134 Å². The van der Waals surface area contributed by atoms with Crippen molar-refractivity contribution in [3.8, 4) is 0 Å². The molecule has 0 aliphatic carbocycles. The molecule has 4 heteroatoms. The van der Waals surface area contributed by atoms with Crippen LogP contribution >= 0.6 is 22.6 Å². The fourth-order valence-corrected chi connectivity index (χ4v) is 3.99. The van der Waals surface area contributed by atoms with Gasteiger partial charge in [0, 0.05) is 16.7 Å². The van der Waals surface area contributed by atoms with E-state index in [1.54, 1.807) is 0 Å². The number of halogens is 1. The van der Waals surface area contributed by atoms with Gasteiger partial charge in [0.15, 0.2) is 0 Å². The van der Waals surface area contributed by atoms with Crippen molar-refractivity contribution in [2.45, 2.75) is 19.8 Å². The van der Waals surface area contributed by atoms with E-state index in [0.717, 1.165) is 60.0 Å². The van der Waals surface area contributed by atoms with Crippen molar-refractivity contribution in [1.82, 2.24) is 10.2 Å². The van der Waals surface area contributed by atoms with Gasteiger partial charge in [0.25, 0.3) is 5.91 Å². The Hall–Kier alpha value is -0.620. The monoisotopic (exact) mass is 384 g/mol. The SMILES string of the molecule is Cc1cccc(C(=O)N2CC[C@@H]3CNC[C@@H]3CC2)c1I. The molecule has 0 spiro atoms. The Bertz CT molecular complexity index is 503. The number of nitrogens with zero attached hydrogens (tertiary/aromatic N) is 1. The van der Waals surface area contributed by atoms with E-state index >= 15 is 0 Å². The van der Waals surface area contributed by atoms with Crippen LogP contribution in [0.2, 0.25) is 0 Å². The molecule has 108 valence electrons. The molecule has 20 heavy (non-hydrogen) atoms. The molecule has 1 aromatic carbocycles. The molecule has 0 saturated carbocycles. The molecule has 2 aliphatic rings. The van der Waals surface area contributed by atoms with Gasteiger partial charge in [-0.15, -0.1) is 0 Å². The molecule has 0 radical (unpaired) electrons. The van der Waals surface area contributed by atoms with Gasteiger partial charge in [-0.2, -0.15) is 0 Å². The van der Waals surface area contributed by atoms with E-state index in [0.29, 0.717) is 0 Å². The Morgan fingerprint density at radius 2 is 1.90 bits per heavy atom. The minimum Gasteiger partial charge on any atom is -0.339 e. The van der Waals surface area contributed by atoms with Crippen molar-refractivity contribution >= 4 is 28.5 Å². The largest absolute Gasteiger partial charge is 0.339 e. The molecule has 3 rings (SSSR count). The summed E-state index contributed by atoms with van der Waals surface area (Å²) in [6.45, 7) is 6.15. The maximum atomic E-state index is 12.8. The zero-order valence-electron chi connectivity index (χ0n) is 11.9. The first-order valence-electron chi connectivity index (χ1n) is 7.42. The topological polar surface area (TPSA) is 32.3 Å². The number of amides is 1. The van der Waals surface area contributed by atoms with Crippen LogP contribution in [0, 0.1) is 22.3 Å². The van der Waals surface area contributed by atoms with Gasteiger partial charge in [0.2, 0.25) is 0 Å². The lowest BCUT2D eigenvalue weighted by Crippen LogP contribution is -2.33. The van der Waals surface area contributed by atoms with Gasteiger partial charge < -0.3 is 10.2 Å². The molecule has 2 aliphatic heterocycles. The molecular formula is C16H21IN2O. The lowest BCUT2D eigenvalue weighted by atomic mass is 9.92. The summed E-state index contributed by atoms with van der Waals surface area (Å²) < 4.78 is 1.10. The van der Waals surface area contributed by atoms with Crippen LogP contribution in [-0.2, 0) is 0 Å². The van der Waals surface area contributed by atoms with Crippen LogP contribution in [-0.4, -0.2) is 37.0 Å². The molecule has 1 amide bonds. The van der Waals surface area contributed by atoms with E-state index in [4.69, 9.17) is 0 Å². The van der Waals surface area contributed by atoms with Crippen molar-refractivity contribution in [1.29, 1.82) is 0 Å². The van der Waals surface area contributed by atoms with Crippen LogP contribution in [0.25, 0.3) is 0 Å². The van der Waals surface area contributed by atoms with E-state index < -0.39 is 0 Å². The minimum atomic E-state index is 0.214. The van der Waals surface area contributed by atoms with Crippen LogP contribution in [0.1, 0.15) is 28.8 Å². The average Bonchev–Trinajstić information content (AvgIpc) is 2.80. The van der Waals surface area contributed by atoms with Crippen LogP contribution in [0.15, 0.2) is 18.2 Å². The highest BCUT2D eigenvalue weighted by Gasteiger charge is 2.32. The molecule has 2 heterocycles. The van der Waals surface area contributed by atoms with Crippen molar-refractivity contribution in [3.63, 3.8) is 0 Å². The first-order chi connectivity index (χ1) is 9.66. The zero-order chi connectivity index (χ0) is 14.1. The number of aryl methyl sites for hydroxylation is 1. The quantitative estimate of drug-likeness (QED) is 0.756. The first kappa shape index (κ1) is 14.3. The van der Waals surface area contributed by atoms with Gasteiger partial charge in [0.1, 0.15) is 0 Å². The number of fused-ring (bicyclic) bond motifs is 1. The van der Waals surface area contributed by atoms with E-state index in [2.05, 4.69) is 45.8 Å². The summed E-state index contributed by atoms with van der Waals surface area (Å²) in [6, 6.07) is 6.02. The van der Waals surface area contributed by atoms with Gasteiger partial charge in [0.05, 0.1) is 5.56 Å². The fourth-order valence-electron chi connectivity index (χ4n) is 3.40. The lowest BCUT2D eigenvalue weighted by molar-refractivity contribution is 0.0757. The van der Waals surface area contributed by atoms with E-state index in [1.807, 2.05) is 12.1 Å². The molecule has 0 bridgehead atoms. The van der Waals surface area contributed by atoms with E-state index in [9.17, 15) is 4.79 Å². The van der Waals surface area contributed by atoms with E-state index in [-0.39, 0.29) is 5.91 Å². The third-order valence-electron chi connectivity index (χ3n) is 4.73. The van der Waals surface area contributed by atoms with Crippen LogP contribution < -0.4 is 5.32 Å². The van der Waals surface area contributed by atoms with Crippen LogP contribution in [0.5, 0.6) is 0 Å². The number of hydrogen-bond donors (Lipinski definition) is 1. The maximum Gasteiger partial charge on any atom is 0.254 e. The lowest BCUT2D eigenvalue weighted by Gasteiger charge is -2.22. The van der Waals surface area contributed by atoms with Gasteiger partial charge in [-0.3, -0.25) is 4.79 Å². The second kappa shape index (κ2) is 6.02. The van der Waals surface area contributed by atoms with Gasteiger partial charge in [-0.05, 0) is 78.9 Å². The Morgan fingerprint density at radius 3 is 2.55 bits per heavy atom. The summed E-state index contributed by atoms with van der Waals surface area (Å²) in [5.74, 6) is 1.75. The van der Waals surface area contributed by atoms with E-state index in [1.165, 1.54) is 5.56 Å². The Kier molecular flexibility index (Phi) is 4.31. The predicted molar refractivity (Wildman–Crippen MR) is 88.9 cm³/mol. The van der Waals surface area contributed by atoms with Crippen molar-refractivity contribution in [2.75, 3.05) is 26.2 Å². The Morgan fingerprint density at radius 1 is 1.25 bits per heavy atom. The van der Waals surface area contributed by atoms with Crippen LogP contribution in [0.3, 0.4) is 0 Å². The second-order valence-electron chi connectivity index (χ2n) is 5.98. The summed E-state index contributed by atoms with van der Waals surface area (Å²) in [4.78, 5) is 14.8. The second-order valence-corrected chi connectivity index (χ2v) is 7.06. The highest BCUT2D eigenvalue weighted by Crippen LogP contribution is 2.28. The molecule has 2 atom stereocenters. The fraction of sp³-hybridized carbons (Fsp3) is 0.562. The minimum absolute atomic E-state index is 0.214. The third kappa shape index (κ3) is 2.72. The number of carbonyl (C=O) groups excluding carboxylic acids is 1. The number of nitrogens with one attached hydrogen (secondary N) is 1. The highest BCUT2D eigenvalue weighted by atomic mass is 127. The normalized spacial score (nSPS) is 26.2. The van der Waals surface area contributed by atoms with Gasteiger partial charge in [-0.25, -0.2) is 0 Å². The third-order valence-corrected chi connectivity index (χ3v) is 6.16. The van der Waals surface area contributed by atoms with Crippen molar-refractivity contribution < 1.29 is 4.79 Å². The average molecular weight is 384 g/mol. The van der Waals surface area contributed by atoms with Crippen molar-refractivity contribution in [3.05, 3.63) is 32.9 Å². The summed E-state index contributed by atoms with van der Waals surface area (Å²) in [5, 5.41) is 3.48. The van der Waals surface area contributed by atoms with Gasteiger partial charge >= 0.3 is 0 Å². The number of carbonyl (C=O) groups is 1. The summed E-state index contributed by atoms with van der Waals surface area (Å²) in [7, 11) is 0. The molecule has 0 aromatic heterocycles. The smallest absolute Gasteiger partial charge is 0.254 e. The van der Waals surface area contributed by atoms with Gasteiger partial charge in [-0.1, -0.05) is 12.1 Å². The maximum absolute atomic E-state index is 12.8. The molecule has 1 aromatic rings.